The molecule has 2 saturated carbocycles. The van der Waals surface area contributed by atoms with Gasteiger partial charge in [-0.05, 0) is 38.5 Å². The van der Waals surface area contributed by atoms with Crippen molar-refractivity contribution in [3.8, 4) is 0 Å². The van der Waals surface area contributed by atoms with Gasteiger partial charge in [0.1, 0.15) is 5.78 Å². The van der Waals surface area contributed by atoms with E-state index in [-0.39, 0.29) is 23.8 Å². The molecule has 0 amide bonds. The normalized spacial score (nSPS) is 37.4. The molecule has 1 N–H and O–H groups in total. The van der Waals surface area contributed by atoms with E-state index in [0.717, 1.165) is 0 Å². The number of fused-ring (bicyclic) bond motifs is 1. The molecular formula is C13H20O4. The van der Waals surface area contributed by atoms with Gasteiger partial charge in [-0.2, -0.15) is 0 Å². The molecule has 0 spiro atoms. The predicted octanol–water partition coefficient (Wildman–Crippen LogP) is 1.45. The summed E-state index contributed by atoms with van der Waals surface area (Å²) < 4.78 is 5.18. The number of hydrogen-bond acceptors (Lipinski definition) is 4. The summed E-state index contributed by atoms with van der Waals surface area (Å²) in [6.45, 7) is 2.18. The van der Waals surface area contributed by atoms with Crippen molar-refractivity contribution in [2.45, 2.75) is 51.6 Å². The standard InChI is InChI=1S/C13H20O4/c1-2-17-12(16)13-5-3-10(14)7-9(13)8-11(15)4-6-13/h9-10,14H,2-8H2,1H3/t9-,10+,13+/m1/s1. The number of ether oxygens (including phenoxy) is 1. The number of esters is 1. The van der Waals surface area contributed by atoms with Crippen molar-refractivity contribution in [2.75, 3.05) is 6.61 Å². The fraction of sp³-hybridized carbons (Fsp3) is 0.846. The first-order valence-corrected chi connectivity index (χ1v) is 6.45. The second-order valence-electron chi connectivity index (χ2n) is 5.24. The van der Waals surface area contributed by atoms with Gasteiger partial charge >= 0.3 is 5.97 Å². The average molecular weight is 240 g/mol. The summed E-state index contributed by atoms with van der Waals surface area (Å²) in [6, 6.07) is 0. The van der Waals surface area contributed by atoms with E-state index >= 15 is 0 Å². The van der Waals surface area contributed by atoms with Crippen molar-refractivity contribution in [1.82, 2.24) is 0 Å². The molecule has 17 heavy (non-hydrogen) atoms. The zero-order valence-corrected chi connectivity index (χ0v) is 10.3. The molecular weight excluding hydrogens is 220 g/mol. The molecule has 0 bridgehead atoms. The Labute approximate surface area is 101 Å². The molecule has 0 radical (unpaired) electrons. The molecule has 0 aliphatic heterocycles. The van der Waals surface area contributed by atoms with Crippen LogP contribution in [0.1, 0.15) is 45.4 Å². The Morgan fingerprint density at radius 3 is 3.00 bits per heavy atom. The number of carbonyl (C=O) groups excluding carboxylic acids is 2. The van der Waals surface area contributed by atoms with Gasteiger partial charge in [-0.3, -0.25) is 9.59 Å². The molecule has 96 valence electrons. The Hall–Kier alpha value is -0.900. The number of aliphatic hydroxyl groups excluding tert-OH is 1. The van der Waals surface area contributed by atoms with Crippen LogP contribution in [0.2, 0.25) is 0 Å². The monoisotopic (exact) mass is 240 g/mol. The van der Waals surface area contributed by atoms with Gasteiger partial charge < -0.3 is 9.84 Å². The van der Waals surface area contributed by atoms with Crippen molar-refractivity contribution in [3.05, 3.63) is 0 Å². The van der Waals surface area contributed by atoms with Gasteiger partial charge in [0.2, 0.25) is 0 Å². The number of aliphatic hydroxyl groups is 1. The second-order valence-corrected chi connectivity index (χ2v) is 5.24. The van der Waals surface area contributed by atoms with Crippen molar-refractivity contribution in [1.29, 1.82) is 0 Å². The summed E-state index contributed by atoms with van der Waals surface area (Å²) in [5, 5.41) is 9.70. The summed E-state index contributed by atoms with van der Waals surface area (Å²) in [5.74, 6) is 0.0278. The molecule has 0 unspecified atom stereocenters. The lowest BCUT2D eigenvalue weighted by molar-refractivity contribution is -0.168. The number of ketones is 1. The summed E-state index contributed by atoms with van der Waals surface area (Å²) in [7, 11) is 0. The highest BCUT2D eigenvalue weighted by molar-refractivity contribution is 5.85. The molecule has 3 atom stereocenters. The lowest BCUT2D eigenvalue weighted by Gasteiger charge is -2.45. The minimum atomic E-state index is -0.497. The van der Waals surface area contributed by atoms with Crippen molar-refractivity contribution in [2.24, 2.45) is 11.3 Å². The SMILES string of the molecule is CCOC(=O)[C@@]12CCC(=O)C[C@H]1C[C@@H](O)CC2. The average Bonchev–Trinajstić information content (AvgIpc) is 2.29. The highest BCUT2D eigenvalue weighted by Gasteiger charge is 2.52. The van der Waals surface area contributed by atoms with Crippen LogP contribution in [0.5, 0.6) is 0 Å². The van der Waals surface area contributed by atoms with Gasteiger partial charge in [-0.15, -0.1) is 0 Å². The zero-order valence-electron chi connectivity index (χ0n) is 10.3. The maximum atomic E-state index is 12.2. The highest BCUT2D eigenvalue weighted by Crippen LogP contribution is 2.50. The molecule has 0 saturated heterocycles. The molecule has 2 aliphatic carbocycles. The molecule has 2 fully saturated rings. The third kappa shape index (κ3) is 2.23. The van der Waals surface area contributed by atoms with Crippen LogP contribution in [0.4, 0.5) is 0 Å². The maximum absolute atomic E-state index is 12.2. The van der Waals surface area contributed by atoms with E-state index in [1.807, 2.05) is 0 Å². The van der Waals surface area contributed by atoms with Gasteiger partial charge in [0, 0.05) is 12.8 Å². The third-order valence-electron chi connectivity index (χ3n) is 4.27. The van der Waals surface area contributed by atoms with E-state index < -0.39 is 5.41 Å². The number of carbonyl (C=O) groups is 2. The van der Waals surface area contributed by atoms with Gasteiger partial charge in [0.25, 0.3) is 0 Å². The number of hydrogen-bond donors (Lipinski definition) is 1. The van der Waals surface area contributed by atoms with Crippen LogP contribution < -0.4 is 0 Å². The summed E-state index contributed by atoms with van der Waals surface area (Å²) >= 11 is 0. The molecule has 0 aromatic rings. The van der Waals surface area contributed by atoms with Crippen LogP contribution in [-0.2, 0) is 14.3 Å². The summed E-state index contributed by atoms with van der Waals surface area (Å²) in [5.41, 5.74) is -0.497. The van der Waals surface area contributed by atoms with Gasteiger partial charge in [-0.1, -0.05) is 0 Å². The molecule has 4 nitrogen and oxygen atoms in total. The van der Waals surface area contributed by atoms with Crippen LogP contribution in [-0.4, -0.2) is 29.6 Å². The lowest BCUT2D eigenvalue weighted by Crippen LogP contribution is -2.48. The second kappa shape index (κ2) is 4.77. The maximum Gasteiger partial charge on any atom is 0.312 e. The van der Waals surface area contributed by atoms with Gasteiger partial charge in [-0.25, -0.2) is 0 Å². The van der Waals surface area contributed by atoms with Crippen LogP contribution in [0.15, 0.2) is 0 Å². The minimum absolute atomic E-state index is 0.0217. The van der Waals surface area contributed by atoms with E-state index in [9.17, 15) is 14.7 Å². The highest BCUT2D eigenvalue weighted by atomic mass is 16.5. The van der Waals surface area contributed by atoms with Crippen molar-refractivity contribution < 1.29 is 19.4 Å². The topological polar surface area (TPSA) is 63.6 Å². The molecule has 4 heteroatoms. The van der Waals surface area contributed by atoms with Crippen molar-refractivity contribution >= 4 is 11.8 Å². The quantitative estimate of drug-likeness (QED) is 0.742. The Morgan fingerprint density at radius 1 is 1.53 bits per heavy atom. The first-order valence-electron chi connectivity index (χ1n) is 6.45. The Balaban J connectivity index is 2.20. The Bertz CT molecular complexity index is 325. The minimum Gasteiger partial charge on any atom is -0.466 e. The van der Waals surface area contributed by atoms with Gasteiger partial charge in [0.15, 0.2) is 0 Å². The molecule has 2 aliphatic rings. The molecule has 0 heterocycles. The third-order valence-corrected chi connectivity index (χ3v) is 4.27. The van der Waals surface area contributed by atoms with Gasteiger partial charge in [0.05, 0.1) is 18.1 Å². The molecule has 0 aromatic heterocycles. The number of Topliss-reactive ketones (excluding diaryl/α,β-unsaturated/α-hetero) is 1. The van der Waals surface area contributed by atoms with E-state index in [0.29, 0.717) is 45.1 Å². The fourth-order valence-electron chi connectivity index (χ4n) is 3.29. The zero-order chi connectivity index (χ0) is 12.5. The van der Waals surface area contributed by atoms with E-state index in [4.69, 9.17) is 4.74 Å². The smallest absolute Gasteiger partial charge is 0.312 e. The fourth-order valence-corrected chi connectivity index (χ4v) is 3.29. The van der Waals surface area contributed by atoms with Crippen molar-refractivity contribution in [3.63, 3.8) is 0 Å². The van der Waals surface area contributed by atoms with E-state index in [2.05, 4.69) is 0 Å². The lowest BCUT2D eigenvalue weighted by atomic mass is 9.58. The van der Waals surface area contributed by atoms with Crippen LogP contribution in [0, 0.1) is 11.3 Å². The van der Waals surface area contributed by atoms with Crippen LogP contribution in [0.3, 0.4) is 0 Å². The first kappa shape index (κ1) is 12.6. The van der Waals surface area contributed by atoms with Crippen LogP contribution in [0.25, 0.3) is 0 Å². The van der Waals surface area contributed by atoms with Crippen LogP contribution >= 0.6 is 0 Å². The Kier molecular flexibility index (Phi) is 3.52. The summed E-state index contributed by atoms with van der Waals surface area (Å²) in [4.78, 5) is 23.7. The first-order chi connectivity index (χ1) is 8.08. The molecule has 2 rings (SSSR count). The number of rotatable bonds is 2. The molecule has 0 aromatic carbocycles. The summed E-state index contributed by atoms with van der Waals surface area (Å²) in [6.07, 6.45) is 3.00. The Morgan fingerprint density at radius 2 is 2.29 bits per heavy atom. The van der Waals surface area contributed by atoms with E-state index in [1.54, 1.807) is 6.92 Å². The largest absolute Gasteiger partial charge is 0.466 e. The van der Waals surface area contributed by atoms with E-state index in [1.165, 1.54) is 0 Å². The predicted molar refractivity (Wildman–Crippen MR) is 61.3 cm³/mol.